The monoisotopic (exact) mass is 365 g/mol. The van der Waals surface area contributed by atoms with Gasteiger partial charge < -0.3 is 20.3 Å². The topological polar surface area (TPSA) is 53.6 Å². The summed E-state index contributed by atoms with van der Waals surface area (Å²) in [5.41, 5.74) is 4.59. The molecule has 0 aromatic heterocycles. The lowest BCUT2D eigenvalue weighted by atomic mass is 10.1. The Bertz CT molecular complexity index is 778. The van der Waals surface area contributed by atoms with Gasteiger partial charge in [0.2, 0.25) is 0 Å². The molecule has 4 rings (SSSR count). The van der Waals surface area contributed by atoms with Crippen LogP contribution in [0, 0.1) is 5.92 Å². The lowest BCUT2D eigenvalue weighted by molar-refractivity contribution is 0.134. The van der Waals surface area contributed by atoms with E-state index in [1.165, 1.54) is 11.1 Å². The van der Waals surface area contributed by atoms with Crippen LogP contribution in [-0.2, 0) is 24.4 Å². The van der Waals surface area contributed by atoms with Crippen molar-refractivity contribution in [3.05, 3.63) is 65.2 Å². The number of fused-ring (bicyclic) bond motifs is 1. The predicted octanol–water partition coefficient (Wildman–Crippen LogP) is 3.40. The first-order chi connectivity index (χ1) is 13.3. The van der Waals surface area contributed by atoms with Crippen molar-refractivity contribution >= 4 is 11.7 Å². The maximum absolute atomic E-state index is 12.2. The van der Waals surface area contributed by atoms with Gasteiger partial charge in [0, 0.05) is 25.3 Å². The van der Waals surface area contributed by atoms with Crippen LogP contribution < -0.4 is 10.6 Å². The van der Waals surface area contributed by atoms with E-state index in [1.807, 2.05) is 18.2 Å². The molecule has 0 spiro atoms. The van der Waals surface area contributed by atoms with Gasteiger partial charge in [-0.2, -0.15) is 0 Å². The average Bonchev–Trinajstić information content (AvgIpc) is 3.34. The number of urea groups is 1. The fraction of sp³-hybridized carbons (Fsp3) is 0.409. The van der Waals surface area contributed by atoms with Crippen molar-refractivity contribution in [3.63, 3.8) is 0 Å². The summed E-state index contributed by atoms with van der Waals surface area (Å²) in [6.45, 7) is 5.29. The molecule has 5 nitrogen and oxygen atoms in total. The highest BCUT2D eigenvalue weighted by molar-refractivity contribution is 5.89. The lowest BCUT2D eigenvalue weighted by Gasteiger charge is -2.16. The third-order valence-corrected chi connectivity index (χ3v) is 5.46. The van der Waals surface area contributed by atoms with Gasteiger partial charge in [0.05, 0.1) is 13.2 Å². The SMILES string of the molecule is O=C(NCC1CCN(CCc2ccccc2)C1)Nc1ccc2c(c1)COC2. The normalized spacial score (nSPS) is 19.0. The quantitative estimate of drug-likeness (QED) is 0.825. The van der Waals surface area contributed by atoms with E-state index in [1.54, 1.807) is 0 Å². The van der Waals surface area contributed by atoms with Crippen molar-refractivity contribution < 1.29 is 9.53 Å². The summed E-state index contributed by atoms with van der Waals surface area (Å²) in [5, 5.41) is 5.96. The number of likely N-dealkylation sites (tertiary alicyclic amines) is 1. The highest BCUT2D eigenvalue weighted by Gasteiger charge is 2.22. The molecule has 1 fully saturated rings. The average molecular weight is 365 g/mol. The summed E-state index contributed by atoms with van der Waals surface area (Å²) in [7, 11) is 0. The zero-order valence-electron chi connectivity index (χ0n) is 15.6. The molecular weight excluding hydrogens is 338 g/mol. The minimum Gasteiger partial charge on any atom is -0.372 e. The first-order valence-electron chi connectivity index (χ1n) is 9.77. The number of hydrogen-bond acceptors (Lipinski definition) is 3. The summed E-state index contributed by atoms with van der Waals surface area (Å²) in [6, 6.07) is 16.5. The number of carbonyl (C=O) groups is 1. The summed E-state index contributed by atoms with van der Waals surface area (Å²) in [4.78, 5) is 14.7. The van der Waals surface area contributed by atoms with Crippen LogP contribution in [0.1, 0.15) is 23.1 Å². The number of nitrogens with one attached hydrogen (secondary N) is 2. The molecule has 2 heterocycles. The molecule has 1 saturated heterocycles. The zero-order valence-corrected chi connectivity index (χ0v) is 15.6. The second-order valence-electron chi connectivity index (χ2n) is 7.50. The number of nitrogens with zero attached hydrogens (tertiary/aromatic N) is 1. The first-order valence-corrected chi connectivity index (χ1v) is 9.77. The number of rotatable bonds is 6. The number of carbonyl (C=O) groups excluding carboxylic acids is 1. The molecule has 5 heteroatoms. The first kappa shape index (κ1) is 18.0. The predicted molar refractivity (Wildman–Crippen MR) is 107 cm³/mol. The fourth-order valence-corrected chi connectivity index (χ4v) is 3.88. The number of benzene rings is 2. The van der Waals surface area contributed by atoms with Crippen LogP contribution in [0.3, 0.4) is 0 Å². The smallest absolute Gasteiger partial charge is 0.319 e. The van der Waals surface area contributed by atoms with Gasteiger partial charge in [0.1, 0.15) is 0 Å². The van der Waals surface area contributed by atoms with E-state index in [4.69, 9.17) is 4.74 Å². The Morgan fingerprint density at radius 1 is 1.11 bits per heavy atom. The molecule has 1 atom stereocenters. The van der Waals surface area contributed by atoms with E-state index in [-0.39, 0.29) is 6.03 Å². The van der Waals surface area contributed by atoms with E-state index >= 15 is 0 Å². The molecule has 0 bridgehead atoms. The molecule has 2 aliphatic heterocycles. The summed E-state index contributed by atoms with van der Waals surface area (Å²) < 4.78 is 5.42. The fourth-order valence-electron chi connectivity index (χ4n) is 3.88. The van der Waals surface area contributed by atoms with Gasteiger partial charge >= 0.3 is 6.03 Å². The summed E-state index contributed by atoms with van der Waals surface area (Å²) in [6.07, 6.45) is 2.23. The molecule has 0 saturated carbocycles. The summed E-state index contributed by atoms with van der Waals surface area (Å²) in [5.74, 6) is 0.528. The Kier molecular flexibility index (Phi) is 5.70. The molecule has 142 valence electrons. The summed E-state index contributed by atoms with van der Waals surface area (Å²) >= 11 is 0. The van der Waals surface area contributed by atoms with Gasteiger partial charge in [-0.25, -0.2) is 4.79 Å². The number of anilines is 1. The number of amides is 2. The second kappa shape index (κ2) is 8.55. The minimum atomic E-state index is -0.128. The minimum absolute atomic E-state index is 0.128. The Morgan fingerprint density at radius 3 is 2.85 bits per heavy atom. The highest BCUT2D eigenvalue weighted by Crippen LogP contribution is 2.23. The maximum atomic E-state index is 12.2. The van der Waals surface area contributed by atoms with Gasteiger partial charge in [-0.15, -0.1) is 0 Å². The molecular formula is C22H27N3O2. The van der Waals surface area contributed by atoms with E-state index in [9.17, 15) is 4.79 Å². The van der Waals surface area contributed by atoms with Crippen LogP contribution in [-0.4, -0.2) is 37.1 Å². The number of hydrogen-bond donors (Lipinski definition) is 2. The Hall–Kier alpha value is -2.37. The van der Waals surface area contributed by atoms with Crippen LogP contribution in [0.5, 0.6) is 0 Å². The molecule has 2 amide bonds. The molecule has 2 aromatic rings. The van der Waals surface area contributed by atoms with Gasteiger partial charge in [-0.1, -0.05) is 36.4 Å². The van der Waals surface area contributed by atoms with Gasteiger partial charge in [0.15, 0.2) is 0 Å². The van der Waals surface area contributed by atoms with E-state index in [0.29, 0.717) is 19.1 Å². The van der Waals surface area contributed by atoms with Gasteiger partial charge in [-0.05, 0) is 54.1 Å². The van der Waals surface area contributed by atoms with Gasteiger partial charge in [0.25, 0.3) is 0 Å². The molecule has 27 heavy (non-hydrogen) atoms. The number of ether oxygens (including phenoxy) is 1. The molecule has 2 aliphatic rings. The van der Waals surface area contributed by atoms with Crippen molar-refractivity contribution in [2.75, 3.05) is 31.5 Å². The van der Waals surface area contributed by atoms with Crippen molar-refractivity contribution in [1.29, 1.82) is 0 Å². The third-order valence-electron chi connectivity index (χ3n) is 5.46. The molecule has 2 N–H and O–H groups in total. The van der Waals surface area contributed by atoms with Crippen LogP contribution >= 0.6 is 0 Å². The molecule has 0 aliphatic carbocycles. The van der Waals surface area contributed by atoms with Crippen molar-refractivity contribution in [1.82, 2.24) is 10.2 Å². The zero-order chi connectivity index (χ0) is 18.5. The standard InChI is InChI=1S/C22H27N3O2/c26-22(24-21-7-6-19-15-27-16-20(19)12-21)23-13-18-9-11-25(14-18)10-8-17-4-2-1-3-5-17/h1-7,12,18H,8-11,13-16H2,(H2,23,24,26). The molecule has 2 aromatic carbocycles. The van der Waals surface area contributed by atoms with E-state index < -0.39 is 0 Å². The Labute approximate surface area is 160 Å². The van der Waals surface area contributed by atoms with E-state index in [2.05, 4.69) is 45.9 Å². The third kappa shape index (κ3) is 4.87. The van der Waals surface area contributed by atoms with Crippen LogP contribution in [0.4, 0.5) is 10.5 Å². The Balaban J connectivity index is 1.17. The van der Waals surface area contributed by atoms with E-state index in [0.717, 1.165) is 50.3 Å². The van der Waals surface area contributed by atoms with Crippen LogP contribution in [0.25, 0.3) is 0 Å². The second-order valence-corrected chi connectivity index (χ2v) is 7.50. The van der Waals surface area contributed by atoms with Crippen LogP contribution in [0.2, 0.25) is 0 Å². The van der Waals surface area contributed by atoms with Crippen LogP contribution in [0.15, 0.2) is 48.5 Å². The Morgan fingerprint density at radius 2 is 1.96 bits per heavy atom. The molecule has 0 radical (unpaired) electrons. The van der Waals surface area contributed by atoms with Gasteiger partial charge in [-0.3, -0.25) is 0 Å². The lowest BCUT2D eigenvalue weighted by Crippen LogP contribution is -2.34. The highest BCUT2D eigenvalue weighted by atomic mass is 16.5. The van der Waals surface area contributed by atoms with Crippen molar-refractivity contribution in [2.45, 2.75) is 26.1 Å². The van der Waals surface area contributed by atoms with Crippen molar-refractivity contribution in [3.8, 4) is 0 Å². The maximum Gasteiger partial charge on any atom is 0.319 e. The largest absolute Gasteiger partial charge is 0.372 e. The van der Waals surface area contributed by atoms with Crippen molar-refractivity contribution in [2.24, 2.45) is 5.92 Å². The molecule has 1 unspecified atom stereocenters.